The molecule has 0 unspecified atom stereocenters. The van der Waals surface area contributed by atoms with Gasteiger partial charge in [-0.3, -0.25) is 14.9 Å². The summed E-state index contributed by atoms with van der Waals surface area (Å²) in [5.41, 5.74) is 6.69. The highest BCUT2D eigenvalue weighted by Gasteiger charge is 2.17. The summed E-state index contributed by atoms with van der Waals surface area (Å²) < 4.78 is 25.2. The van der Waals surface area contributed by atoms with E-state index in [1.807, 2.05) is 0 Å². The predicted octanol–water partition coefficient (Wildman–Crippen LogP) is 3.83. The largest absolute Gasteiger partial charge is 0.493 e. The molecular formula is C23H19FN4O5. The zero-order valence-electron chi connectivity index (χ0n) is 17.7. The molecule has 3 aromatic carbocycles. The third-order valence-electron chi connectivity index (χ3n) is 5.31. The number of nitro benzene ring substituents is 1. The van der Waals surface area contributed by atoms with Crippen LogP contribution in [0, 0.1) is 15.9 Å². The van der Waals surface area contributed by atoms with Crippen molar-refractivity contribution < 1.29 is 18.8 Å². The Hall–Kier alpha value is -4.47. The lowest BCUT2D eigenvalue weighted by Crippen LogP contribution is -2.12. The molecule has 0 saturated carbocycles. The van der Waals surface area contributed by atoms with Gasteiger partial charge < -0.3 is 15.2 Å². The Labute approximate surface area is 186 Å². The van der Waals surface area contributed by atoms with E-state index in [0.29, 0.717) is 39.1 Å². The summed E-state index contributed by atoms with van der Waals surface area (Å²) in [4.78, 5) is 22.9. The maximum Gasteiger partial charge on any atom is 0.292 e. The number of nitrogens with zero attached hydrogens (tertiary/aromatic N) is 2. The number of ether oxygens (including phenoxy) is 2. The van der Waals surface area contributed by atoms with Crippen molar-refractivity contribution in [2.24, 2.45) is 0 Å². The second kappa shape index (κ2) is 8.58. The summed E-state index contributed by atoms with van der Waals surface area (Å²) in [6, 6.07) is 11.8. The van der Waals surface area contributed by atoms with E-state index >= 15 is 0 Å². The van der Waals surface area contributed by atoms with Crippen LogP contribution in [0.1, 0.15) is 11.3 Å². The fraction of sp³-hybridized carbons (Fsp3) is 0.130. The van der Waals surface area contributed by atoms with Crippen LogP contribution >= 0.6 is 0 Å². The maximum absolute atomic E-state index is 14.6. The van der Waals surface area contributed by atoms with Crippen molar-refractivity contribution in [1.82, 2.24) is 10.2 Å². The van der Waals surface area contributed by atoms with E-state index < -0.39 is 10.7 Å². The molecule has 4 rings (SSSR count). The van der Waals surface area contributed by atoms with E-state index in [4.69, 9.17) is 15.2 Å². The molecule has 9 nitrogen and oxygen atoms in total. The van der Waals surface area contributed by atoms with Crippen LogP contribution in [0.25, 0.3) is 21.9 Å². The molecule has 0 radical (unpaired) electrons. The number of hydrogen-bond acceptors (Lipinski definition) is 7. The van der Waals surface area contributed by atoms with Crippen molar-refractivity contribution in [3.63, 3.8) is 0 Å². The van der Waals surface area contributed by atoms with Crippen molar-refractivity contribution >= 4 is 22.1 Å². The van der Waals surface area contributed by atoms with Crippen LogP contribution < -0.4 is 20.8 Å². The van der Waals surface area contributed by atoms with Gasteiger partial charge in [-0.2, -0.15) is 5.10 Å². The Morgan fingerprint density at radius 3 is 2.42 bits per heavy atom. The van der Waals surface area contributed by atoms with Crippen LogP contribution in [0.2, 0.25) is 0 Å². The van der Waals surface area contributed by atoms with Crippen molar-refractivity contribution in [3.8, 4) is 22.6 Å². The third kappa shape index (κ3) is 4.05. The SMILES string of the molecule is COc1cc2c(Cc3ccc(F)c(-c4ccc(N)c([N+](=O)[O-])c4)c3)n[nH]c(=O)c2cc1OC. The molecule has 1 aromatic heterocycles. The average Bonchev–Trinajstić information content (AvgIpc) is 2.81. The van der Waals surface area contributed by atoms with E-state index in [1.54, 1.807) is 24.3 Å². The maximum atomic E-state index is 14.6. The van der Waals surface area contributed by atoms with Gasteiger partial charge in [-0.05, 0) is 41.5 Å². The first-order chi connectivity index (χ1) is 15.8. The highest BCUT2D eigenvalue weighted by molar-refractivity contribution is 5.87. The van der Waals surface area contributed by atoms with Crippen LogP contribution in [0.3, 0.4) is 0 Å². The number of benzene rings is 3. The number of nitrogen functional groups attached to an aromatic ring is 1. The van der Waals surface area contributed by atoms with Gasteiger partial charge in [0.25, 0.3) is 11.2 Å². The zero-order chi connectivity index (χ0) is 23.7. The van der Waals surface area contributed by atoms with E-state index in [0.717, 1.165) is 0 Å². The number of H-pyrrole nitrogens is 1. The standard InChI is InChI=1S/C23H19FN4O5/c1-32-21-10-15-16(11-22(21)33-2)23(29)27-26-19(15)8-12-3-5-17(24)14(7-12)13-4-6-18(25)20(9-13)28(30)31/h3-7,9-11H,8,25H2,1-2H3,(H,27,29). The number of nitrogens with two attached hydrogens (primary N) is 1. The third-order valence-corrected chi connectivity index (χ3v) is 5.31. The molecular weight excluding hydrogens is 431 g/mol. The Morgan fingerprint density at radius 2 is 1.76 bits per heavy atom. The summed E-state index contributed by atoms with van der Waals surface area (Å²) in [5.74, 6) is 0.304. The number of halogens is 1. The fourth-order valence-electron chi connectivity index (χ4n) is 3.65. The first-order valence-electron chi connectivity index (χ1n) is 9.78. The number of rotatable bonds is 6. The quantitative estimate of drug-likeness (QED) is 0.259. The van der Waals surface area contributed by atoms with Crippen molar-refractivity contribution in [3.05, 3.63) is 86.1 Å². The molecule has 0 aliphatic heterocycles. The molecule has 0 atom stereocenters. The molecule has 0 amide bonds. The number of aromatic nitrogens is 2. The van der Waals surface area contributed by atoms with Crippen LogP contribution in [0.5, 0.6) is 11.5 Å². The first kappa shape index (κ1) is 21.8. The monoisotopic (exact) mass is 450 g/mol. The molecule has 0 saturated heterocycles. The minimum absolute atomic E-state index is 0.00593. The van der Waals surface area contributed by atoms with Crippen molar-refractivity contribution in [1.29, 1.82) is 0 Å². The number of anilines is 1. The van der Waals surface area contributed by atoms with Gasteiger partial charge >= 0.3 is 0 Å². The molecule has 168 valence electrons. The second-order valence-electron chi connectivity index (χ2n) is 7.27. The second-order valence-corrected chi connectivity index (χ2v) is 7.27. The number of fused-ring (bicyclic) bond motifs is 1. The molecule has 3 N–H and O–H groups in total. The minimum Gasteiger partial charge on any atom is -0.493 e. The highest BCUT2D eigenvalue weighted by Crippen LogP contribution is 2.34. The van der Waals surface area contributed by atoms with E-state index in [2.05, 4.69) is 10.2 Å². The predicted molar refractivity (Wildman–Crippen MR) is 121 cm³/mol. The van der Waals surface area contributed by atoms with Crippen LogP contribution in [0.15, 0.2) is 53.3 Å². The number of nitro groups is 1. The van der Waals surface area contributed by atoms with Gasteiger partial charge in [0.2, 0.25) is 0 Å². The lowest BCUT2D eigenvalue weighted by atomic mass is 9.98. The molecule has 0 aliphatic carbocycles. The number of aromatic amines is 1. The van der Waals surface area contributed by atoms with Crippen LogP contribution in [-0.4, -0.2) is 29.3 Å². The van der Waals surface area contributed by atoms with Crippen LogP contribution in [-0.2, 0) is 6.42 Å². The zero-order valence-corrected chi connectivity index (χ0v) is 17.7. The number of hydrogen-bond donors (Lipinski definition) is 2. The lowest BCUT2D eigenvalue weighted by molar-refractivity contribution is -0.383. The topological polar surface area (TPSA) is 133 Å². The molecule has 0 bridgehead atoms. The van der Waals surface area contributed by atoms with Gasteiger partial charge in [0, 0.05) is 23.4 Å². The summed E-state index contributed by atoms with van der Waals surface area (Å²) in [7, 11) is 2.96. The van der Waals surface area contributed by atoms with Crippen LogP contribution in [0.4, 0.5) is 15.8 Å². The van der Waals surface area contributed by atoms with E-state index in [9.17, 15) is 19.3 Å². The van der Waals surface area contributed by atoms with Gasteiger partial charge in [0.1, 0.15) is 11.5 Å². The molecule has 0 aliphatic rings. The Balaban J connectivity index is 1.80. The summed E-state index contributed by atoms with van der Waals surface area (Å²) in [6.45, 7) is 0. The molecule has 1 heterocycles. The fourth-order valence-corrected chi connectivity index (χ4v) is 3.65. The molecule has 4 aromatic rings. The average molecular weight is 450 g/mol. The summed E-state index contributed by atoms with van der Waals surface area (Å²) in [5, 5.41) is 18.8. The van der Waals surface area contributed by atoms with E-state index in [1.165, 1.54) is 38.5 Å². The first-order valence-corrected chi connectivity index (χ1v) is 9.78. The number of nitrogens with one attached hydrogen (secondary N) is 1. The Morgan fingerprint density at radius 1 is 1.06 bits per heavy atom. The van der Waals surface area contributed by atoms with Gasteiger partial charge in [0.05, 0.1) is 30.2 Å². The van der Waals surface area contributed by atoms with E-state index in [-0.39, 0.29) is 28.9 Å². The van der Waals surface area contributed by atoms with Gasteiger partial charge in [0.15, 0.2) is 11.5 Å². The Bertz CT molecular complexity index is 1450. The summed E-state index contributed by atoms with van der Waals surface area (Å²) in [6.07, 6.45) is 0.257. The molecule has 10 heteroatoms. The Kier molecular flexibility index (Phi) is 5.65. The number of methoxy groups -OCH3 is 2. The van der Waals surface area contributed by atoms with Gasteiger partial charge in [-0.25, -0.2) is 9.49 Å². The molecule has 0 fully saturated rings. The lowest BCUT2D eigenvalue weighted by Gasteiger charge is -2.12. The molecule has 0 spiro atoms. The normalized spacial score (nSPS) is 10.9. The minimum atomic E-state index is -0.612. The van der Waals surface area contributed by atoms with Gasteiger partial charge in [-0.1, -0.05) is 12.1 Å². The van der Waals surface area contributed by atoms with Crippen molar-refractivity contribution in [2.75, 3.05) is 20.0 Å². The van der Waals surface area contributed by atoms with Gasteiger partial charge in [-0.15, -0.1) is 0 Å². The van der Waals surface area contributed by atoms with Crippen molar-refractivity contribution in [2.45, 2.75) is 6.42 Å². The highest BCUT2D eigenvalue weighted by atomic mass is 19.1. The summed E-state index contributed by atoms with van der Waals surface area (Å²) >= 11 is 0. The smallest absolute Gasteiger partial charge is 0.292 e. The molecule has 33 heavy (non-hydrogen) atoms.